The Morgan fingerprint density at radius 3 is 2.71 bits per heavy atom. The predicted octanol–water partition coefficient (Wildman–Crippen LogP) is 2.85. The number of amides is 1. The van der Waals surface area contributed by atoms with Crippen molar-refractivity contribution in [1.82, 2.24) is 4.90 Å². The number of sulfonamides is 1. The zero-order valence-electron chi connectivity index (χ0n) is 17.5. The number of hydrogen-bond acceptors (Lipinski definition) is 5. The van der Waals surface area contributed by atoms with Crippen LogP contribution in [-0.4, -0.2) is 51.4 Å². The maximum Gasteiger partial charge on any atom is 0.338 e. The second-order valence-electron chi connectivity index (χ2n) is 8.15. The Bertz CT molecular complexity index is 1100. The average molecular weight is 443 g/mol. The number of likely N-dealkylation sites (tertiary alicyclic amines) is 1. The molecular formula is C23H26N2O5S. The van der Waals surface area contributed by atoms with E-state index >= 15 is 0 Å². The molecule has 2 aromatic carbocycles. The third-order valence-electron chi connectivity index (χ3n) is 5.84. The molecule has 4 rings (SSSR count). The Hall–Kier alpha value is -2.87. The van der Waals surface area contributed by atoms with E-state index < -0.39 is 16.0 Å². The van der Waals surface area contributed by atoms with Gasteiger partial charge in [0.2, 0.25) is 0 Å². The van der Waals surface area contributed by atoms with E-state index in [1.54, 1.807) is 17.0 Å². The predicted molar refractivity (Wildman–Crippen MR) is 116 cm³/mol. The van der Waals surface area contributed by atoms with Gasteiger partial charge in [-0.05, 0) is 55.0 Å². The lowest BCUT2D eigenvalue weighted by atomic mass is 10.0. The van der Waals surface area contributed by atoms with Crippen LogP contribution in [-0.2, 0) is 26.0 Å². The van der Waals surface area contributed by atoms with Crippen molar-refractivity contribution in [1.29, 1.82) is 0 Å². The van der Waals surface area contributed by atoms with Gasteiger partial charge in [-0.15, -0.1) is 0 Å². The van der Waals surface area contributed by atoms with Crippen LogP contribution in [0.2, 0.25) is 0 Å². The van der Waals surface area contributed by atoms with Gasteiger partial charge in [0.1, 0.15) is 0 Å². The first-order chi connectivity index (χ1) is 14.9. The first kappa shape index (κ1) is 21.4. The van der Waals surface area contributed by atoms with Gasteiger partial charge >= 0.3 is 5.97 Å². The molecule has 31 heavy (non-hydrogen) atoms. The van der Waals surface area contributed by atoms with Crippen molar-refractivity contribution < 1.29 is 22.7 Å². The van der Waals surface area contributed by atoms with E-state index in [9.17, 15) is 18.0 Å². The summed E-state index contributed by atoms with van der Waals surface area (Å²) in [7, 11) is -3.81. The summed E-state index contributed by atoms with van der Waals surface area (Å²) in [5.41, 5.74) is 1.75. The van der Waals surface area contributed by atoms with Crippen LogP contribution >= 0.6 is 0 Å². The van der Waals surface area contributed by atoms with Crippen LogP contribution in [0.5, 0.6) is 0 Å². The largest absolute Gasteiger partial charge is 0.452 e. The smallest absolute Gasteiger partial charge is 0.338 e. The first-order valence-electron chi connectivity index (χ1n) is 10.5. The summed E-state index contributed by atoms with van der Waals surface area (Å²) < 4.78 is 32.9. The fraction of sp³-hybridized carbons (Fsp3) is 0.391. The van der Waals surface area contributed by atoms with Crippen LogP contribution < -0.4 is 4.31 Å². The molecule has 0 radical (unpaired) electrons. The quantitative estimate of drug-likeness (QED) is 0.665. The van der Waals surface area contributed by atoms with Gasteiger partial charge < -0.3 is 9.64 Å². The molecule has 2 aromatic rings. The van der Waals surface area contributed by atoms with Crippen LogP contribution in [0.25, 0.3) is 0 Å². The topological polar surface area (TPSA) is 84.0 Å². The van der Waals surface area contributed by atoms with E-state index in [2.05, 4.69) is 6.92 Å². The molecule has 1 unspecified atom stereocenters. The minimum absolute atomic E-state index is 0.0230. The number of carbonyl (C=O) groups is 2. The number of piperidine rings is 1. The number of ether oxygens (including phenoxy) is 1. The number of fused-ring (bicyclic) bond motifs is 1. The van der Waals surface area contributed by atoms with Gasteiger partial charge in [-0.3, -0.25) is 9.10 Å². The fourth-order valence-electron chi connectivity index (χ4n) is 4.19. The van der Waals surface area contributed by atoms with E-state index in [4.69, 9.17) is 4.74 Å². The molecule has 0 N–H and O–H groups in total. The molecule has 0 spiro atoms. The summed E-state index contributed by atoms with van der Waals surface area (Å²) >= 11 is 0. The van der Waals surface area contributed by atoms with Crippen molar-refractivity contribution in [3.63, 3.8) is 0 Å². The van der Waals surface area contributed by atoms with Gasteiger partial charge in [0.15, 0.2) is 6.61 Å². The summed E-state index contributed by atoms with van der Waals surface area (Å²) in [6.07, 6.45) is 2.68. The van der Waals surface area contributed by atoms with Crippen molar-refractivity contribution in [2.75, 3.05) is 30.5 Å². The Balaban J connectivity index is 1.45. The summed E-state index contributed by atoms with van der Waals surface area (Å²) in [4.78, 5) is 26.6. The third-order valence-corrected chi connectivity index (χ3v) is 7.65. The monoisotopic (exact) mass is 442 g/mol. The van der Waals surface area contributed by atoms with Gasteiger partial charge in [0.05, 0.1) is 16.1 Å². The molecule has 164 valence electrons. The van der Waals surface area contributed by atoms with E-state index in [-0.39, 0.29) is 23.0 Å². The Labute approximate surface area is 182 Å². The minimum atomic E-state index is -3.81. The molecule has 1 atom stereocenters. The number of carbonyl (C=O) groups excluding carboxylic acids is 2. The lowest BCUT2D eigenvalue weighted by Crippen LogP contribution is -2.41. The number of nitrogens with zero attached hydrogens (tertiary/aromatic N) is 2. The summed E-state index contributed by atoms with van der Waals surface area (Å²) in [5, 5.41) is 0. The number of para-hydroxylation sites is 1. The molecule has 1 amide bonds. The van der Waals surface area contributed by atoms with Crippen molar-refractivity contribution in [3.05, 3.63) is 59.7 Å². The third kappa shape index (κ3) is 4.44. The van der Waals surface area contributed by atoms with Crippen molar-refractivity contribution in [2.45, 2.75) is 31.1 Å². The molecule has 1 fully saturated rings. The van der Waals surface area contributed by atoms with E-state index in [1.807, 2.05) is 12.1 Å². The molecule has 0 bridgehead atoms. The normalized spacial score (nSPS) is 18.5. The van der Waals surface area contributed by atoms with Crippen LogP contribution in [0, 0.1) is 5.92 Å². The Morgan fingerprint density at radius 1 is 1.10 bits per heavy atom. The summed E-state index contributed by atoms with van der Waals surface area (Å²) in [6.45, 7) is 3.45. The van der Waals surface area contributed by atoms with E-state index in [1.165, 1.54) is 28.6 Å². The van der Waals surface area contributed by atoms with Gasteiger partial charge in [0, 0.05) is 19.6 Å². The second-order valence-corrected chi connectivity index (χ2v) is 10.0. The number of rotatable bonds is 5. The van der Waals surface area contributed by atoms with Gasteiger partial charge in [-0.25, -0.2) is 13.2 Å². The first-order valence-corrected chi connectivity index (χ1v) is 12.0. The van der Waals surface area contributed by atoms with Crippen molar-refractivity contribution in [2.24, 2.45) is 5.92 Å². The average Bonchev–Trinajstić information content (AvgIpc) is 3.22. The maximum absolute atomic E-state index is 13.2. The molecular weight excluding hydrogens is 416 g/mol. The van der Waals surface area contributed by atoms with E-state index in [0.717, 1.165) is 18.4 Å². The Kier molecular flexibility index (Phi) is 6.00. The minimum Gasteiger partial charge on any atom is -0.452 e. The SMILES string of the molecule is CC1CCCN(C(=O)COC(=O)c2cccc(S(=O)(=O)N3CCc4ccccc43)c2)C1. The van der Waals surface area contributed by atoms with Crippen LogP contribution in [0.4, 0.5) is 5.69 Å². The second kappa shape index (κ2) is 8.70. The van der Waals surface area contributed by atoms with Crippen LogP contribution in [0.3, 0.4) is 0 Å². The molecule has 0 saturated carbocycles. The van der Waals surface area contributed by atoms with Crippen LogP contribution in [0.15, 0.2) is 53.4 Å². The standard InChI is InChI=1S/C23H26N2O5S/c1-17-6-5-12-24(15-17)22(26)16-30-23(27)19-8-4-9-20(14-19)31(28,29)25-13-11-18-7-2-3-10-21(18)25/h2-4,7-10,14,17H,5-6,11-13,15-16H2,1H3. The van der Waals surface area contributed by atoms with Crippen LogP contribution in [0.1, 0.15) is 35.7 Å². The molecule has 2 heterocycles. The molecule has 2 aliphatic heterocycles. The number of anilines is 1. The zero-order valence-corrected chi connectivity index (χ0v) is 18.3. The van der Waals surface area contributed by atoms with E-state index in [0.29, 0.717) is 37.7 Å². The highest BCUT2D eigenvalue weighted by molar-refractivity contribution is 7.92. The highest BCUT2D eigenvalue weighted by atomic mass is 32.2. The molecule has 2 aliphatic rings. The zero-order chi connectivity index (χ0) is 22.0. The fourth-order valence-corrected chi connectivity index (χ4v) is 5.74. The molecule has 0 aromatic heterocycles. The highest BCUT2D eigenvalue weighted by Crippen LogP contribution is 2.32. The molecule has 0 aliphatic carbocycles. The number of hydrogen-bond donors (Lipinski definition) is 0. The molecule has 8 heteroatoms. The Morgan fingerprint density at radius 2 is 1.90 bits per heavy atom. The van der Waals surface area contributed by atoms with Crippen molar-refractivity contribution >= 4 is 27.6 Å². The lowest BCUT2D eigenvalue weighted by Gasteiger charge is -2.30. The van der Waals surface area contributed by atoms with Crippen molar-refractivity contribution in [3.8, 4) is 0 Å². The van der Waals surface area contributed by atoms with Gasteiger partial charge in [-0.2, -0.15) is 0 Å². The van der Waals surface area contributed by atoms with Gasteiger partial charge in [-0.1, -0.05) is 31.2 Å². The van der Waals surface area contributed by atoms with Gasteiger partial charge in [0.25, 0.3) is 15.9 Å². The summed E-state index contributed by atoms with van der Waals surface area (Å²) in [6, 6.07) is 13.2. The summed E-state index contributed by atoms with van der Waals surface area (Å²) in [5.74, 6) is -0.499. The lowest BCUT2D eigenvalue weighted by molar-refractivity contribution is -0.136. The number of benzene rings is 2. The maximum atomic E-state index is 13.2. The number of esters is 1. The molecule has 1 saturated heterocycles. The highest BCUT2D eigenvalue weighted by Gasteiger charge is 2.31. The molecule has 7 nitrogen and oxygen atoms in total.